The van der Waals surface area contributed by atoms with Gasteiger partial charge in [0.2, 0.25) is 5.95 Å². The largest absolute Gasteiger partial charge is 0.353 e. The van der Waals surface area contributed by atoms with Crippen molar-refractivity contribution in [2.75, 3.05) is 5.32 Å². The van der Waals surface area contributed by atoms with E-state index in [1.165, 1.54) is 57.8 Å². The van der Waals surface area contributed by atoms with Crippen molar-refractivity contribution in [1.82, 2.24) is 9.55 Å². The van der Waals surface area contributed by atoms with Gasteiger partial charge in [0.25, 0.3) is 0 Å². The topological polar surface area (TPSA) is 29.9 Å². The highest BCUT2D eigenvalue weighted by molar-refractivity contribution is 5.31. The average Bonchev–Trinajstić information content (AvgIpc) is 3.09. The van der Waals surface area contributed by atoms with Crippen LogP contribution in [0.3, 0.4) is 0 Å². The molecule has 1 aromatic rings. The van der Waals surface area contributed by atoms with E-state index in [2.05, 4.69) is 29.9 Å². The molecule has 0 aromatic carbocycles. The third-order valence-electron chi connectivity index (χ3n) is 5.27. The maximum Gasteiger partial charge on any atom is 0.203 e. The van der Waals surface area contributed by atoms with Crippen LogP contribution < -0.4 is 5.32 Å². The molecular weight excluding hydrogens is 246 g/mol. The fraction of sp³-hybridized carbons (Fsp3) is 0.824. The average molecular weight is 275 g/mol. The van der Waals surface area contributed by atoms with Crippen LogP contribution in [0, 0.1) is 12.8 Å². The summed E-state index contributed by atoms with van der Waals surface area (Å²) in [6, 6.07) is 1.32. The minimum Gasteiger partial charge on any atom is -0.353 e. The Hall–Kier alpha value is -0.990. The Bertz CT molecular complexity index is 431. The molecule has 0 aliphatic heterocycles. The molecule has 2 saturated carbocycles. The Labute approximate surface area is 123 Å². The SMILES string of the molecule is CCC1CCCC(n2cc(C)nc2NC2CCCC2)C1. The Morgan fingerprint density at radius 2 is 2.00 bits per heavy atom. The van der Waals surface area contributed by atoms with Crippen LogP contribution in [0.4, 0.5) is 5.95 Å². The zero-order valence-electron chi connectivity index (χ0n) is 13.1. The van der Waals surface area contributed by atoms with Gasteiger partial charge in [-0.3, -0.25) is 0 Å². The lowest BCUT2D eigenvalue weighted by Crippen LogP contribution is -2.23. The van der Waals surface area contributed by atoms with Gasteiger partial charge in [-0.25, -0.2) is 4.98 Å². The summed E-state index contributed by atoms with van der Waals surface area (Å²) < 4.78 is 2.45. The Morgan fingerprint density at radius 3 is 2.75 bits per heavy atom. The number of imidazole rings is 1. The van der Waals surface area contributed by atoms with Crippen LogP contribution in [-0.2, 0) is 0 Å². The Kier molecular flexibility index (Phi) is 4.32. The lowest BCUT2D eigenvalue weighted by atomic mass is 9.84. The van der Waals surface area contributed by atoms with Crippen LogP contribution in [0.25, 0.3) is 0 Å². The van der Waals surface area contributed by atoms with Crippen molar-refractivity contribution in [3.05, 3.63) is 11.9 Å². The third-order valence-corrected chi connectivity index (χ3v) is 5.27. The summed E-state index contributed by atoms with van der Waals surface area (Å²) >= 11 is 0. The molecule has 0 bridgehead atoms. The van der Waals surface area contributed by atoms with Crippen LogP contribution >= 0.6 is 0 Å². The van der Waals surface area contributed by atoms with Crippen molar-refractivity contribution in [3.8, 4) is 0 Å². The summed E-state index contributed by atoms with van der Waals surface area (Å²) in [5.41, 5.74) is 1.16. The molecule has 1 N–H and O–H groups in total. The zero-order chi connectivity index (χ0) is 13.9. The van der Waals surface area contributed by atoms with Crippen molar-refractivity contribution < 1.29 is 0 Å². The highest BCUT2D eigenvalue weighted by atomic mass is 15.2. The van der Waals surface area contributed by atoms with Gasteiger partial charge in [0.1, 0.15) is 0 Å². The minimum atomic E-state index is 0.654. The molecule has 2 fully saturated rings. The summed E-state index contributed by atoms with van der Waals surface area (Å²) in [6.45, 7) is 4.46. The molecule has 112 valence electrons. The van der Waals surface area contributed by atoms with E-state index in [-0.39, 0.29) is 0 Å². The highest BCUT2D eigenvalue weighted by Gasteiger charge is 2.25. The van der Waals surface area contributed by atoms with Crippen LogP contribution in [0.1, 0.15) is 76.4 Å². The molecule has 3 rings (SSSR count). The second kappa shape index (κ2) is 6.19. The quantitative estimate of drug-likeness (QED) is 0.864. The third kappa shape index (κ3) is 3.02. The Balaban J connectivity index is 1.74. The van der Waals surface area contributed by atoms with Gasteiger partial charge in [-0.1, -0.05) is 39.0 Å². The van der Waals surface area contributed by atoms with Gasteiger partial charge < -0.3 is 9.88 Å². The lowest BCUT2D eigenvalue weighted by molar-refractivity contribution is 0.262. The predicted molar refractivity (Wildman–Crippen MR) is 84.1 cm³/mol. The molecule has 0 spiro atoms. The van der Waals surface area contributed by atoms with Gasteiger partial charge in [0, 0.05) is 18.3 Å². The molecule has 0 saturated heterocycles. The van der Waals surface area contributed by atoms with E-state index in [1.807, 2.05) is 0 Å². The first-order chi connectivity index (χ1) is 9.76. The number of aromatic nitrogens is 2. The van der Waals surface area contributed by atoms with Gasteiger partial charge in [-0.15, -0.1) is 0 Å². The minimum absolute atomic E-state index is 0.654. The second-order valence-electron chi connectivity index (χ2n) is 6.83. The number of rotatable bonds is 4. The van der Waals surface area contributed by atoms with E-state index in [4.69, 9.17) is 4.98 Å². The van der Waals surface area contributed by atoms with Crippen LogP contribution in [0.15, 0.2) is 6.20 Å². The number of nitrogens with zero attached hydrogens (tertiary/aromatic N) is 2. The lowest BCUT2D eigenvalue weighted by Gasteiger charge is -2.30. The fourth-order valence-corrected chi connectivity index (χ4v) is 4.04. The monoisotopic (exact) mass is 275 g/mol. The number of anilines is 1. The molecule has 1 aromatic heterocycles. The molecule has 20 heavy (non-hydrogen) atoms. The summed E-state index contributed by atoms with van der Waals surface area (Å²) in [4.78, 5) is 4.75. The van der Waals surface area contributed by atoms with E-state index < -0.39 is 0 Å². The molecule has 0 amide bonds. The van der Waals surface area contributed by atoms with Crippen molar-refractivity contribution in [2.45, 2.75) is 83.7 Å². The standard InChI is InChI=1S/C17H29N3/c1-3-14-7-6-10-16(11-14)20-12-13(2)18-17(20)19-15-8-4-5-9-15/h12,14-16H,3-11H2,1-2H3,(H,18,19). The van der Waals surface area contributed by atoms with Gasteiger partial charge in [0.15, 0.2) is 0 Å². The number of hydrogen-bond acceptors (Lipinski definition) is 2. The predicted octanol–water partition coefficient (Wildman–Crippen LogP) is 4.69. The number of aryl methyl sites for hydroxylation is 1. The van der Waals surface area contributed by atoms with E-state index in [9.17, 15) is 0 Å². The van der Waals surface area contributed by atoms with Crippen molar-refractivity contribution in [3.63, 3.8) is 0 Å². The zero-order valence-corrected chi connectivity index (χ0v) is 13.1. The molecule has 1 heterocycles. The normalized spacial score (nSPS) is 27.9. The van der Waals surface area contributed by atoms with E-state index in [0.29, 0.717) is 12.1 Å². The smallest absolute Gasteiger partial charge is 0.203 e. The molecule has 3 nitrogen and oxygen atoms in total. The molecular formula is C17H29N3. The molecule has 3 heteroatoms. The highest BCUT2D eigenvalue weighted by Crippen LogP contribution is 2.36. The second-order valence-corrected chi connectivity index (χ2v) is 6.83. The van der Waals surface area contributed by atoms with Gasteiger partial charge in [-0.05, 0) is 38.5 Å². The summed E-state index contributed by atoms with van der Waals surface area (Å²) in [6.07, 6.45) is 14.4. The van der Waals surface area contributed by atoms with Crippen molar-refractivity contribution in [2.24, 2.45) is 5.92 Å². The van der Waals surface area contributed by atoms with Crippen LogP contribution in [0.2, 0.25) is 0 Å². The van der Waals surface area contributed by atoms with Crippen molar-refractivity contribution >= 4 is 5.95 Å². The van der Waals surface area contributed by atoms with Gasteiger partial charge in [0.05, 0.1) is 5.69 Å². The Morgan fingerprint density at radius 1 is 1.20 bits per heavy atom. The van der Waals surface area contributed by atoms with E-state index in [1.54, 1.807) is 0 Å². The summed E-state index contributed by atoms with van der Waals surface area (Å²) in [7, 11) is 0. The maximum atomic E-state index is 4.75. The van der Waals surface area contributed by atoms with E-state index >= 15 is 0 Å². The van der Waals surface area contributed by atoms with Gasteiger partial charge >= 0.3 is 0 Å². The van der Waals surface area contributed by atoms with Crippen molar-refractivity contribution in [1.29, 1.82) is 0 Å². The molecule has 0 radical (unpaired) electrons. The number of hydrogen-bond donors (Lipinski definition) is 1. The molecule has 2 aliphatic rings. The molecule has 2 unspecified atom stereocenters. The summed E-state index contributed by atoms with van der Waals surface area (Å²) in [5, 5.41) is 3.71. The first-order valence-electron chi connectivity index (χ1n) is 8.58. The molecule has 2 atom stereocenters. The first kappa shape index (κ1) is 14.0. The van der Waals surface area contributed by atoms with Crippen LogP contribution in [-0.4, -0.2) is 15.6 Å². The maximum absolute atomic E-state index is 4.75. The fourth-order valence-electron chi connectivity index (χ4n) is 4.04. The summed E-state index contributed by atoms with van der Waals surface area (Å²) in [5.74, 6) is 2.05. The molecule has 2 aliphatic carbocycles. The number of nitrogens with one attached hydrogen (secondary N) is 1. The first-order valence-corrected chi connectivity index (χ1v) is 8.58. The van der Waals surface area contributed by atoms with Crippen LogP contribution in [0.5, 0.6) is 0 Å². The van der Waals surface area contributed by atoms with Gasteiger partial charge in [-0.2, -0.15) is 0 Å². The van der Waals surface area contributed by atoms with E-state index in [0.717, 1.165) is 17.6 Å².